The molecule has 39 heavy (non-hydrogen) atoms. The maximum Gasteiger partial charge on any atom is 0.270 e. The number of likely N-dealkylation sites (tertiary alicyclic amines) is 1. The third kappa shape index (κ3) is 5.75. The molecule has 0 bridgehead atoms. The van der Waals surface area contributed by atoms with Crippen molar-refractivity contribution in [2.24, 2.45) is 0 Å². The van der Waals surface area contributed by atoms with Gasteiger partial charge in [-0.3, -0.25) is 9.59 Å². The summed E-state index contributed by atoms with van der Waals surface area (Å²) in [4.78, 5) is 38.9. The number of fused-ring (bicyclic) bond motifs is 1. The van der Waals surface area contributed by atoms with Gasteiger partial charge in [-0.25, -0.2) is 14.4 Å². The van der Waals surface area contributed by atoms with Crippen molar-refractivity contribution in [3.63, 3.8) is 0 Å². The average Bonchev–Trinajstić information content (AvgIpc) is 3.40. The topological polar surface area (TPSA) is 123 Å². The van der Waals surface area contributed by atoms with Gasteiger partial charge < -0.3 is 25.6 Å². The summed E-state index contributed by atoms with van der Waals surface area (Å²) >= 11 is 0. The number of rotatable bonds is 8. The molecule has 1 aliphatic heterocycles. The van der Waals surface area contributed by atoms with Crippen LogP contribution in [0.15, 0.2) is 60.7 Å². The van der Waals surface area contributed by atoms with Gasteiger partial charge >= 0.3 is 0 Å². The van der Waals surface area contributed by atoms with Crippen LogP contribution in [0.4, 0.5) is 10.2 Å². The van der Waals surface area contributed by atoms with Crippen molar-refractivity contribution in [1.29, 1.82) is 0 Å². The Morgan fingerprint density at radius 2 is 1.82 bits per heavy atom. The number of benzene rings is 2. The van der Waals surface area contributed by atoms with Crippen molar-refractivity contribution in [2.45, 2.75) is 32.0 Å². The predicted molar refractivity (Wildman–Crippen MR) is 147 cm³/mol. The van der Waals surface area contributed by atoms with Crippen LogP contribution in [0.3, 0.4) is 0 Å². The van der Waals surface area contributed by atoms with Gasteiger partial charge in [-0.1, -0.05) is 54.6 Å². The van der Waals surface area contributed by atoms with Gasteiger partial charge in [0.15, 0.2) is 5.82 Å². The molecule has 5 rings (SSSR count). The Labute approximate surface area is 225 Å². The van der Waals surface area contributed by atoms with Crippen LogP contribution in [0.2, 0.25) is 0 Å². The third-order valence-electron chi connectivity index (χ3n) is 7.04. The van der Waals surface area contributed by atoms with E-state index >= 15 is 0 Å². The number of aromatic nitrogens is 3. The number of carbonyl (C=O) groups is 2. The van der Waals surface area contributed by atoms with Crippen LogP contribution in [0.1, 0.15) is 41.4 Å². The number of piperidine rings is 1. The fourth-order valence-corrected chi connectivity index (χ4v) is 4.88. The lowest BCUT2D eigenvalue weighted by Crippen LogP contribution is -2.45. The zero-order chi connectivity index (χ0) is 27.4. The molecule has 2 aromatic carbocycles. The number of nitrogens with zero attached hydrogens (tertiary/aromatic N) is 3. The largest absolute Gasteiger partial charge is 0.385 e. The zero-order valence-electron chi connectivity index (χ0n) is 21.7. The Kier molecular flexibility index (Phi) is 7.56. The highest BCUT2D eigenvalue weighted by molar-refractivity contribution is 6.00. The van der Waals surface area contributed by atoms with E-state index in [1.54, 1.807) is 35.2 Å². The molecule has 9 nitrogen and oxygen atoms in total. The van der Waals surface area contributed by atoms with Crippen LogP contribution < -0.4 is 10.6 Å². The van der Waals surface area contributed by atoms with Gasteiger partial charge in [-0.15, -0.1) is 0 Å². The number of anilines is 1. The highest BCUT2D eigenvalue weighted by Crippen LogP contribution is 2.34. The number of aliphatic hydroxyl groups is 1. The van der Waals surface area contributed by atoms with Crippen LogP contribution >= 0.6 is 0 Å². The Morgan fingerprint density at radius 1 is 1.05 bits per heavy atom. The monoisotopic (exact) mass is 530 g/mol. The standard InChI is InChI=1S/C29H31FN6O3/c1-19(37)31-12-13-32-26-23-17-24(33-27(23)35-25(34-26)21-7-3-2-4-8-21)28(38)36-14-10-29(39,11-15-36)22-9-5-6-20(16-22)18-30/h2-9,16-17,39H,10-15,18H2,1H3,(H,31,37)(H2,32,33,34,35). The van der Waals surface area contributed by atoms with E-state index in [1.165, 1.54) is 6.92 Å². The second kappa shape index (κ2) is 11.2. The first-order valence-electron chi connectivity index (χ1n) is 13.0. The smallest absolute Gasteiger partial charge is 0.270 e. The first kappa shape index (κ1) is 26.3. The van der Waals surface area contributed by atoms with E-state index in [9.17, 15) is 19.1 Å². The van der Waals surface area contributed by atoms with Crippen LogP contribution in [0.5, 0.6) is 0 Å². The van der Waals surface area contributed by atoms with Gasteiger partial charge in [0.1, 0.15) is 23.8 Å². The fourth-order valence-electron chi connectivity index (χ4n) is 4.88. The predicted octanol–water partition coefficient (Wildman–Crippen LogP) is 3.77. The van der Waals surface area contributed by atoms with E-state index in [0.717, 1.165) is 5.56 Å². The molecule has 0 aliphatic carbocycles. The molecule has 1 aliphatic rings. The number of hydrogen-bond acceptors (Lipinski definition) is 6. The molecule has 2 aromatic heterocycles. The Morgan fingerprint density at radius 3 is 2.54 bits per heavy atom. The number of carbonyl (C=O) groups excluding carboxylic acids is 2. The van der Waals surface area contributed by atoms with Crippen LogP contribution in [-0.2, 0) is 17.1 Å². The van der Waals surface area contributed by atoms with E-state index in [4.69, 9.17) is 4.98 Å². The molecule has 1 saturated heterocycles. The molecule has 0 atom stereocenters. The van der Waals surface area contributed by atoms with Gasteiger partial charge in [0.05, 0.1) is 11.0 Å². The van der Waals surface area contributed by atoms with E-state index < -0.39 is 12.3 Å². The summed E-state index contributed by atoms with van der Waals surface area (Å²) in [6.45, 7) is 2.45. The van der Waals surface area contributed by atoms with Gasteiger partial charge in [0, 0.05) is 38.7 Å². The Bertz CT molecular complexity index is 1480. The number of halogens is 1. The second-order valence-corrected chi connectivity index (χ2v) is 9.77. The number of alkyl halides is 1. The van der Waals surface area contributed by atoms with E-state index in [1.807, 2.05) is 30.3 Å². The average molecular weight is 531 g/mol. The van der Waals surface area contributed by atoms with E-state index in [2.05, 4.69) is 20.6 Å². The minimum Gasteiger partial charge on any atom is -0.385 e. The molecule has 202 valence electrons. The highest BCUT2D eigenvalue weighted by atomic mass is 19.1. The van der Waals surface area contributed by atoms with Crippen LogP contribution in [0, 0.1) is 0 Å². The highest BCUT2D eigenvalue weighted by Gasteiger charge is 2.36. The number of nitrogens with one attached hydrogen (secondary N) is 3. The van der Waals surface area contributed by atoms with Crippen molar-refractivity contribution in [1.82, 2.24) is 25.2 Å². The molecule has 0 radical (unpaired) electrons. The summed E-state index contributed by atoms with van der Waals surface area (Å²) in [5, 5.41) is 17.9. The summed E-state index contributed by atoms with van der Waals surface area (Å²) in [6.07, 6.45) is 0.700. The summed E-state index contributed by atoms with van der Waals surface area (Å²) in [5.41, 5.74) is 1.82. The SMILES string of the molecule is CC(=O)NCCNc1nc(-c2ccccc2)nc2[nH]c(C(=O)N3CCC(O)(c4cccc(CF)c4)CC3)cc12. The fraction of sp³-hybridized carbons (Fsp3) is 0.310. The Hall–Kier alpha value is -4.31. The lowest BCUT2D eigenvalue weighted by Gasteiger charge is -2.38. The van der Waals surface area contributed by atoms with Gasteiger partial charge in [0.2, 0.25) is 5.91 Å². The van der Waals surface area contributed by atoms with Crippen LogP contribution in [-0.4, -0.2) is 63.0 Å². The molecular weight excluding hydrogens is 499 g/mol. The molecule has 2 amide bonds. The minimum absolute atomic E-state index is 0.118. The summed E-state index contributed by atoms with van der Waals surface area (Å²) in [5.74, 6) is 0.746. The van der Waals surface area contributed by atoms with Crippen molar-refractivity contribution >= 4 is 28.7 Å². The van der Waals surface area contributed by atoms with Crippen molar-refractivity contribution in [3.05, 3.63) is 77.5 Å². The molecular formula is C29H31FN6O3. The first-order valence-corrected chi connectivity index (χ1v) is 13.0. The molecule has 1 fully saturated rings. The number of H-pyrrole nitrogens is 1. The van der Waals surface area contributed by atoms with Gasteiger partial charge in [-0.2, -0.15) is 0 Å². The maximum atomic E-state index is 13.5. The normalized spacial score (nSPS) is 14.8. The van der Waals surface area contributed by atoms with Gasteiger partial charge in [-0.05, 0) is 30.0 Å². The maximum absolute atomic E-state index is 13.5. The second-order valence-electron chi connectivity index (χ2n) is 9.77. The first-order chi connectivity index (χ1) is 18.9. The molecule has 0 spiro atoms. The molecule has 4 aromatic rings. The third-order valence-corrected chi connectivity index (χ3v) is 7.04. The van der Waals surface area contributed by atoms with E-state index in [0.29, 0.717) is 78.5 Å². The Balaban J connectivity index is 1.37. The summed E-state index contributed by atoms with van der Waals surface area (Å²) in [7, 11) is 0. The lowest BCUT2D eigenvalue weighted by atomic mass is 9.84. The molecule has 0 unspecified atom stereocenters. The lowest BCUT2D eigenvalue weighted by molar-refractivity contribution is -0.118. The van der Waals surface area contributed by atoms with Crippen LogP contribution in [0.25, 0.3) is 22.4 Å². The summed E-state index contributed by atoms with van der Waals surface area (Å²) < 4.78 is 13.1. The molecule has 3 heterocycles. The number of amides is 2. The number of aromatic amines is 1. The van der Waals surface area contributed by atoms with E-state index in [-0.39, 0.29) is 11.8 Å². The van der Waals surface area contributed by atoms with Crippen molar-refractivity contribution in [3.8, 4) is 11.4 Å². The van der Waals surface area contributed by atoms with Crippen molar-refractivity contribution < 1.29 is 19.1 Å². The molecule has 4 N–H and O–H groups in total. The zero-order valence-corrected chi connectivity index (χ0v) is 21.7. The minimum atomic E-state index is -1.11. The molecule has 0 saturated carbocycles. The number of hydrogen-bond donors (Lipinski definition) is 4. The quantitative estimate of drug-likeness (QED) is 0.257. The summed E-state index contributed by atoms with van der Waals surface area (Å²) in [6, 6.07) is 18.2. The molecule has 10 heteroatoms. The van der Waals surface area contributed by atoms with Gasteiger partial charge in [0.25, 0.3) is 5.91 Å². The van der Waals surface area contributed by atoms with Crippen molar-refractivity contribution in [2.75, 3.05) is 31.5 Å².